The van der Waals surface area contributed by atoms with E-state index in [2.05, 4.69) is 10.1 Å². The summed E-state index contributed by atoms with van der Waals surface area (Å²) in [6.07, 6.45) is 0. The first kappa shape index (κ1) is 10.8. The van der Waals surface area contributed by atoms with Crippen molar-refractivity contribution >= 4 is 10.9 Å². The third-order valence-electron chi connectivity index (χ3n) is 2.97. The molecule has 3 rings (SSSR count). The molecule has 1 aromatic carbocycles. The van der Waals surface area contributed by atoms with E-state index in [4.69, 9.17) is 0 Å². The van der Waals surface area contributed by atoms with Crippen molar-refractivity contribution in [3.8, 4) is 5.69 Å². The molecule has 0 aliphatic carbocycles. The molecule has 0 radical (unpaired) electrons. The van der Waals surface area contributed by atoms with E-state index in [0.29, 0.717) is 0 Å². The quantitative estimate of drug-likeness (QED) is 0.708. The van der Waals surface area contributed by atoms with Crippen molar-refractivity contribution in [2.75, 3.05) is 0 Å². The molecule has 0 amide bonds. The van der Waals surface area contributed by atoms with Crippen LogP contribution in [0.25, 0.3) is 16.6 Å². The van der Waals surface area contributed by atoms with Crippen LogP contribution in [0.1, 0.15) is 11.4 Å². The number of rotatable bonds is 1. The van der Waals surface area contributed by atoms with Gasteiger partial charge in [0.2, 0.25) is 0 Å². The third kappa shape index (κ3) is 1.62. The Morgan fingerprint density at radius 2 is 1.94 bits per heavy atom. The fourth-order valence-corrected chi connectivity index (χ4v) is 2.23. The van der Waals surface area contributed by atoms with Crippen molar-refractivity contribution in [3.63, 3.8) is 0 Å². The fourth-order valence-electron chi connectivity index (χ4n) is 2.23. The summed E-state index contributed by atoms with van der Waals surface area (Å²) in [5, 5.41) is 5.42. The maximum absolute atomic E-state index is 11.7. The Balaban J connectivity index is 2.41. The highest BCUT2D eigenvalue weighted by Gasteiger charge is 2.08. The number of pyridine rings is 1. The van der Waals surface area contributed by atoms with Crippen LogP contribution in [-0.2, 0) is 0 Å². The predicted octanol–water partition coefficient (Wildman–Crippen LogP) is 2.33. The van der Waals surface area contributed by atoms with Gasteiger partial charge in [-0.1, -0.05) is 18.2 Å². The summed E-state index contributed by atoms with van der Waals surface area (Å²) in [6.45, 7) is 3.93. The Labute approximate surface area is 104 Å². The van der Waals surface area contributed by atoms with Gasteiger partial charge in [0, 0.05) is 17.1 Å². The number of hydrogen-bond acceptors (Lipinski definition) is 2. The first-order chi connectivity index (χ1) is 8.65. The van der Waals surface area contributed by atoms with E-state index in [1.807, 2.05) is 48.9 Å². The van der Waals surface area contributed by atoms with Crippen LogP contribution in [0.2, 0.25) is 0 Å². The number of H-pyrrole nitrogens is 1. The highest BCUT2D eigenvalue weighted by Crippen LogP contribution is 2.19. The Hall–Kier alpha value is -2.36. The van der Waals surface area contributed by atoms with Gasteiger partial charge in [-0.05, 0) is 26.0 Å². The lowest BCUT2D eigenvalue weighted by atomic mass is 10.2. The van der Waals surface area contributed by atoms with Crippen molar-refractivity contribution in [3.05, 3.63) is 58.1 Å². The summed E-state index contributed by atoms with van der Waals surface area (Å²) in [7, 11) is 0. The highest BCUT2D eigenvalue weighted by atomic mass is 16.1. The van der Waals surface area contributed by atoms with Gasteiger partial charge in [-0.15, -0.1) is 0 Å². The van der Waals surface area contributed by atoms with Crippen molar-refractivity contribution in [1.82, 2.24) is 14.8 Å². The van der Waals surface area contributed by atoms with Crippen LogP contribution in [0.5, 0.6) is 0 Å². The van der Waals surface area contributed by atoms with Gasteiger partial charge < -0.3 is 4.98 Å². The molecule has 0 spiro atoms. The third-order valence-corrected chi connectivity index (χ3v) is 2.97. The number of hydrogen-bond donors (Lipinski definition) is 1. The standard InChI is InChI=1S/C14H13N3O/c1-9-7-10(2)17(16-9)13-8-14(18)15-12-6-4-3-5-11(12)13/h3-8H,1-2H3,(H,15,18). The number of fused-ring (bicyclic) bond motifs is 1. The molecule has 2 aromatic heterocycles. The topological polar surface area (TPSA) is 50.7 Å². The van der Waals surface area contributed by atoms with Crippen molar-refractivity contribution in [2.45, 2.75) is 13.8 Å². The van der Waals surface area contributed by atoms with Crippen molar-refractivity contribution in [2.24, 2.45) is 0 Å². The van der Waals surface area contributed by atoms with Gasteiger partial charge in [0.25, 0.3) is 5.56 Å². The normalized spacial score (nSPS) is 11.0. The molecule has 3 aromatic rings. The molecule has 0 atom stereocenters. The molecular formula is C14H13N3O. The summed E-state index contributed by atoms with van der Waals surface area (Å²) < 4.78 is 1.81. The first-order valence-corrected chi connectivity index (χ1v) is 5.81. The molecule has 0 bridgehead atoms. The summed E-state index contributed by atoms with van der Waals surface area (Å²) >= 11 is 0. The van der Waals surface area contributed by atoms with Gasteiger partial charge in [0.1, 0.15) is 0 Å². The molecule has 0 unspecified atom stereocenters. The zero-order valence-electron chi connectivity index (χ0n) is 10.3. The molecule has 18 heavy (non-hydrogen) atoms. The van der Waals surface area contributed by atoms with Crippen LogP contribution in [0, 0.1) is 13.8 Å². The van der Waals surface area contributed by atoms with Gasteiger partial charge in [0.05, 0.1) is 16.9 Å². The van der Waals surface area contributed by atoms with E-state index in [-0.39, 0.29) is 5.56 Å². The Bertz CT molecular complexity index is 783. The largest absolute Gasteiger partial charge is 0.322 e. The number of aromatic nitrogens is 3. The molecule has 0 saturated carbocycles. The minimum atomic E-state index is -0.115. The molecule has 0 aliphatic rings. The molecular weight excluding hydrogens is 226 g/mol. The van der Waals surface area contributed by atoms with Gasteiger partial charge in [0.15, 0.2) is 0 Å². The van der Waals surface area contributed by atoms with Gasteiger partial charge in [-0.2, -0.15) is 5.10 Å². The van der Waals surface area contributed by atoms with Crippen molar-refractivity contribution < 1.29 is 0 Å². The monoisotopic (exact) mass is 239 g/mol. The SMILES string of the molecule is Cc1cc(C)n(-c2cc(=O)[nH]c3ccccc23)n1. The summed E-state index contributed by atoms with van der Waals surface area (Å²) in [5.74, 6) is 0. The second-order valence-corrected chi connectivity index (χ2v) is 4.40. The lowest BCUT2D eigenvalue weighted by Gasteiger charge is -2.07. The van der Waals surface area contributed by atoms with Crippen LogP contribution in [0.3, 0.4) is 0 Å². The van der Waals surface area contributed by atoms with Crippen LogP contribution in [0.15, 0.2) is 41.2 Å². The smallest absolute Gasteiger partial charge is 0.250 e. The van der Waals surface area contributed by atoms with Crippen molar-refractivity contribution in [1.29, 1.82) is 0 Å². The number of nitrogens with one attached hydrogen (secondary N) is 1. The van der Waals surface area contributed by atoms with Gasteiger partial charge in [-0.3, -0.25) is 4.79 Å². The molecule has 4 nitrogen and oxygen atoms in total. The van der Waals surface area contributed by atoms with Crippen LogP contribution >= 0.6 is 0 Å². The van der Waals surface area contributed by atoms with Gasteiger partial charge >= 0.3 is 0 Å². The van der Waals surface area contributed by atoms with Crippen LogP contribution < -0.4 is 5.56 Å². The van der Waals surface area contributed by atoms with E-state index in [9.17, 15) is 4.79 Å². The van der Waals surface area contributed by atoms with E-state index >= 15 is 0 Å². The number of aryl methyl sites for hydroxylation is 2. The zero-order valence-corrected chi connectivity index (χ0v) is 10.3. The number of benzene rings is 1. The maximum atomic E-state index is 11.7. The zero-order chi connectivity index (χ0) is 12.7. The fraction of sp³-hybridized carbons (Fsp3) is 0.143. The highest BCUT2D eigenvalue weighted by molar-refractivity contribution is 5.86. The lowest BCUT2D eigenvalue weighted by Crippen LogP contribution is -2.09. The summed E-state index contributed by atoms with van der Waals surface area (Å²) in [6, 6.07) is 11.3. The molecule has 0 saturated heterocycles. The Morgan fingerprint density at radius 3 is 2.67 bits per heavy atom. The predicted molar refractivity (Wildman–Crippen MR) is 71.2 cm³/mol. The summed E-state index contributed by atoms with van der Waals surface area (Å²) in [5.41, 5.74) is 3.49. The Kier molecular flexibility index (Phi) is 2.30. The number of para-hydroxylation sites is 1. The van der Waals surface area contributed by atoms with E-state index in [0.717, 1.165) is 28.0 Å². The molecule has 0 fully saturated rings. The number of aromatic amines is 1. The lowest BCUT2D eigenvalue weighted by molar-refractivity contribution is 0.837. The molecule has 0 aliphatic heterocycles. The van der Waals surface area contributed by atoms with Gasteiger partial charge in [-0.25, -0.2) is 4.68 Å². The Morgan fingerprint density at radius 1 is 1.17 bits per heavy atom. The average molecular weight is 239 g/mol. The molecule has 1 N–H and O–H groups in total. The molecule has 4 heteroatoms. The van der Waals surface area contributed by atoms with E-state index in [1.54, 1.807) is 6.07 Å². The average Bonchev–Trinajstić information content (AvgIpc) is 2.67. The second-order valence-electron chi connectivity index (χ2n) is 4.40. The number of nitrogens with zero attached hydrogens (tertiary/aromatic N) is 2. The van der Waals surface area contributed by atoms with E-state index in [1.165, 1.54) is 0 Å². The molecule has 2 heterocycles. The maximum Gasteiger partial charge on any atom is 0.250 e. The second kappa shape index (κ2) is 3.84. The molecule has 90 valence electrons. The first-order valence-electron chi connectivity index (χ1n) is 5.81. The minimum Gasteiger partial charge on any atom is -0.322 e. The van der Waals surface area contributed by atoms with Crippen LogP contribution in [-0.4, -0.2) is 14.8 Å². The van der Waals surface area contributed by atoms with E-state index < -0.39 is 0 Å². The summed E-state index contributed by atoms with van der Waals surface area (Å²) in [4.78, 5) is 14.5. The minimum absolute atomic E-state index is 0.115. The van der Waals surface area contributed by atoms with Crippen LogP contribution in [0.4, 0.5) is 0 Å².